The topological polar surface area (TPSA) is 82.8 Å². The van der Waals surface area contributed by atoms with Crippen molar-refractivity contribution in [2.75, 3.05) is 13.1 Å². The SMILES string of the molecule is CC(O)C1CCN(C2=CCC(Cl)C=C2NC(=O)c2cnn3cccnc23)CC1. The van der Waals surface area contributed by atoms with Crippen molar-refractivity contribution in [3.63, 3.8) is 0 Å². The molecular weight excluding hydrogens is 378 g/mol. The van der Waals surface area contributed by atoms with Crippen LogP contribution in [0.2, 0.25) is 0 Å². The van der Waals surface area contributed by atoms with Gasteiger partial charge in [-0.3, -0.25) is 4.79 Å². The summed E-state index contributed by atoms with van der Waals surface area (Å²) in [7, 11) is 0. The third kappa shape index (κ3) is 3.77. The lowest BCUT2D eigenvalue weighted by Crippen LogP contribution is -2.40. The fraction of sp³-hybridized carbons (Fsp3) is 0.450. The summed E-state index contributed by atoms with van der Waals surface area (Å²) in [5.41, 5.74) is 2.66. The largest absolute Gasteiger partial charge is 0.393 e. The van der Waals surface area contributed by atoms with Gasteiger partial charge in [0.15, 0.2) is 5.65 Å². The zero-order chi connectivity index (χ0) is 19.7. The first-order chi connectivity index (χ1) is 13.5. The van der Waals surface area contributed by atoms with E-state index in [9.17, 15) is 9.90 Å². The molecule has 0 bridgehead atoms. The number of rotatable bonds is 4. The van der Waals surface area contributed by atoms with Gasteiger partial charge in [-0.1, -0.05) is 6.08 Å². The number of aliphatic hydroxyl groups is 1. The number of nitrogens with one attached hydrogen (secondary N) is 1. The van der Waals surface area contributed by atoms with Crippen LogP contribution in [0.3, 0.4) is 0 Å². The third-order valence-corrected chi connectivity index (χ3v) is 5.80. The number of allylic oxidation sites excluding steroid dienone is 2. The Morgan fingerprint density at radius 2 is 2.18 bits per heavy atom. The van der Waals surface area contributed by atoms with E-state index in [1.165, 1.54) is 6.20 Å². The number of aromatic nitrogens is 3. The Morgan fingerprint density at radius 1 is 1.39 bits per heavy atom. The quantitative estimate of drug-likeness (QED) is 0.768. The Bertz CT molecular complexity index is 928. The van der Waals surface area contributed by atoms with Gasteiger partial charge in [0.2, 0.25) is 0 Å². The predicted octanol–water partition coefficient (Wildman–Crippen LogP) is 2.33. The Balaban J connectivity index is 1.52. The molecule has 2 unspecified atom stereocenters. The molecule has 2 N–H and O–H groups in total. The van der Waals surface area contributed by atoms with Crippen molar-refractivity contribution in [2.24, 2.45) is 5.92 Å². The van der Waals surface area contributed by atoms with Crippen molar-refractivity contribution < 1.29 is 9.90 Å². The van der Waals surface area contributed by atoms with Gasteiger partial charge in [0.1, 0.15) is 5.56 Å². The van der Waals surface area contributed by atoms with Crippen LogP contribution in [0.1, 0.15) is 36.5 Å². The smallest absolute Gasteiger partial charge is 0.261 e. The van der Waals surface area contributed by atoms with Gasteiger partial charge in [0.25, 0.3) is 5.91 Å². The molecule has 4 rings (SSSR count). The standard InChI is InChI=1S/C20H24ClN5O2/c1-13(27)14-5-9-25(10-6-14)18-4-3-15(21)11-17(18)24-20(28)16-12-23-26-8-2-7-22-19(16)26/h2,4,7-8,11-15,27H,3,5-6,9-10H2,1H3,(H,24,28). The number of aliphatic hydroxyl groups excluding tert-OH is 1. The molecule has 2 aromatic rings. The number of carbonyl (C=O) groups excluding carboxylic acids is 1. The van der Waals surface area contributed by atoms with Gasteiger partial charge in [0.05, 0.1) is 29.1 Å². The van der Waals surface area contributed by atoms with Crippen LogP contribution in [-0.2, 0) is 0 Å². The summed E-state index contributed by atoms with van der Waals surface area (Å²) in [4.78, 5) is 19.4. The zero-order valence-electron chi connectivity index (χ0n) is 15.8. The Morgan fingerprint density at radius 3 is 2.93 bits per heavy atom. The van der Waals surface area contributed by atoms with Gasteiger partial charge in [-0.25, -0.2) is 9.50 Å². The van der Waals surface area contributed by atoms with Gasteiger partial charge in [-0.15, -0.1) is 11.6 Å². The second-order valence-corrected chi connectivity index (χ2v) is 7.95. The molecule has 7 nitrogen and oxygen atoms in total. The molecular formula is C20H24ClN5O2. The first-order valence-electron chi connectivity index (χ1n) is 9.62. The van der Waals surface area contributed by atoms with E-state index in [-0.39, 0.29) is 17.4 Å². The number of nitrogens with zero attached hydrogens (tertiary/aromatic N) is 4. The van der Waals surface area contributed by atoms with E-state index in [0.717, 1.165) is 43.7 Å². The van der Waals surface area contributed by atoms with E-state index in [0.29, 0.717) is 17.1 Å². The molecule has 1 amide bonds. The van der Waals surface area contributed by atoms with Crippen molar-refractivity contribution in [3.05, 3.63) is 53.8 Å². The van der Waals surface area contributed by atoms with Crippen molar-refractivity contribution >= 4 is 23.2 Å². The molecule has 1 saturated heterocycles. The van der Waals surface area contributed by atoms with E-state index >= 15 is 0 Å². The lowest BCUT2D eigenvalue weighted by molar-refractivity contribution is 0.0815. The Kier molecular flexibility index (Phi) is 5.37. The molecule has 28 heavy (non-hydrogen) atoms. The van der Waals surface area contributed by atoms with Crippen molar-refractivity contribution in [3.8, 4) is 0 Å². The van der Waals surface area contributed by atoms with E-state index in [1.54, 1.807) is 23.0 Å². The summed E-state index contributed by atoms with van der Waals surface area (Å²) in [5.74, 6) is 0.0728. The second-order valence-electron chi connectivity index (χ2n) is 7.39. The number of hydrogen-bond acceptors (Lipinski definition) is 5. The molecule has 0 spiro atoms. The van der Waals surface area contributed by atoms with Crippen LogP contribution in [0, 0.1) is 5.92 Å². The molecule has 148 valence electrons. The Labute approximate surface area is 168 Å². The summed E-state index contributed by atoms with van der Waals surface area (Å²) in [6, 6.07) is 1.77. The number of alkyl halides is 1. The lowest BCUT2D eigenvalue weighted by Gasteiger charge is -2.38. The average molecular weight is 402 g/mol. The number of carbonyl (C=O) groups is 1. The van der Waals surface area contributed by atoms with Gasteiger partial charge >= 0.3 is 0 Å². The second kappa shape index (κ2) is 7.93. The number of amides is 1. The number of piperidine rings is 1. The monoisotopic (exact) mass is 401 g/mol. The number of hydrogen-bond donors (Lipinski definition) is 2. The molecule has 2 atom stereocenters. The zero-order valence-corrected chi connectivity index (χ0v) is 16.5. The van der Waals surface area contributed by atoms with Crippen LogP contribution < -0.4 is 5.32 Å². The minimum Gasteiger partial charge on any atom is -0.393 e. The van der Waals surface area contributed by atoms with Crippen LogP contribution in [0.25, 0.3) is 5.65 Å². The highest BCUT2D eigenvalue weighted by atomic mass is 35.5. The molecule has 0 saturated carbocycles. The molecule has 2 aliphatic rings. The summed E-state index contributed by atoms with van der Waals surface area (Å²) >= 11 is 6.33. The number of halogens is 1. The molecule has 2 aromatic heterocycles. The highest BCUT2D eigenvalue weighted by molar-refractivity contribution is 6.22. The minimum atomic E-state index is -0.285. The first kappa shape index (κ1) is 19.0. The normalized spacial score (nSPS) is 22.0. The molecule has 0 aromatic carbocycles. The maximum absolute atomic E-state index is 12.9. The maximum atomic E-state index is 12.9. The molecule has 3 heterocycles. The average Bonchev–Trinajstić information content (AvgIpc) is 3.12. The van der Waals surface area contributed by atoms with Gasteiger partial charge in [-0.2, -0.15) is 5.10 Å². The molecule has 1 aliphatic heterocycles. The highest BCUT2D eigenvalue weighted by Gasteiger charge is 2.28. The third-order valence-electron chi connectivity index (χ3n) is 5.49. The lowest BCUT2D eigenvalue weighted by atomic mass is 9.91. The summed E-state index contributed by atoms with van der Waals surface area (Å²) in [6.07, 6.45) is 11.2. The van der Waals surface area contributed by atoms with E-state index in [1.807, 2.05) is 13.0 Å². The minimum absolute atomic E-state index is 0.156. The fourth-order valence-electron chi connectivity index (χ4n) is 3.87. The van der Waals surface area contributed by atoms with Crippen molar-refractivity contribution in [1.29, 1.82) is 0 Å². The van der Waals surface area contributed by atoms with Crippen LogP contribution in [0.5, 0.6) is 0 Å². The summed E-state index contributed by atoms with van der Waals surface area (Å²) < 4.78 is 1.58. The Hall–Kier alpha value is -2.38. The molecule has 0 radical (unpaired) electrons. The summed E-state index contributed by atoms with van der Waals surface area (Å²) in [6.45, 7) is 3.55. The molecule has 1 aliphatic carbocycles. The summed E-state index contributed by atoms with van der Waals surface area (Å²) in [5, 5.41) is 16.9. The van der Waals surface area contributed by atoms with Gasteiger partial charge < -0.3 is 15.3 Å². The first-order valence-corrected chi connectivity index (χ1v) is 10.1. The molecule has 8 heteroatoms. The number of likely N-dealkylation sites (tertiary alicyclic amines) is 1. The van der Waals surface area contributed by atoms with Crippen LogP contribution in [-0.4, -0.2) is 55.1 Å². The predicted molar refractivity (Wildman–Crippen MR) is 107 cm³/mol. The van der Waals surface area contributed by atoms with Gasteiger partial charge in [-0.05, 0) is 44.2 Å². The van der Waals surface area contributed by atoms with Gasteiger partial charge in [0, 0.05) is 25.5 Å². The van der Waals surface area contributed by atoms with Crippen LogP contribution in [0.4, 0.5) is 0 Å². The van der Waals surface area contributed by atoms with E-state index in [4.69, 9.17) is 11.6 Å². The van der Waals surface area contributed by atoms with Crippen molar-refractivity contribution in [1.82, 2.24) is 24.8 Å². The fourth-order valence-corrected chi connectivity index (χ4v) is 4.09. The maximum Gasteiger partial charge on any atom is 0.261 e. The van der Waals surface area contributed by atoms with E-state index in [2.05, 4.69) is 26.4 Å². The van der Waals surface area contributed by atoms with Crippen molar-refractivity contribution in [2.45, 2.75) is 37.7 Å². The van der Waals surface area contributed by atoms with E-state index < -0.39 is 0 Å². The highest BCUT2D eigenvalue weighted by Crippen LogP contribution is 2.29. The number of fused-ring (bicyclic) bond motifs is 1. The van der Waals surface area contributed by atoms with Crippen LogP contribution >= 0.6 is 11.6 Å². The molecule has 1 fully saturated rings. The van der Waals surface area contributed by atoms with Crippen LogP contribution in [0.15, 0.2) is 48.2 Å².